The van der Waals surface area contributed by atoms with Gasteiger partial charge in [-0.05, 0) is 57.8 Å². The van der Waals surface area contributed by atoms with Crippen LogP contribution in [0, 0.1) is 0 Å². The quantitative estimate of drug-likeness (QED) is 0.904. The van der Waals surface area contributed by atoms with Crippen LogP contribution < -0.4 is 10.1 Å². The fraction of sp³-hybridized carbons (Fsp3) is 0.625. The highest BCUT2D eigenvalue weighted by atomic mass is 16.5. The van der Waals surface area contributed by atoms with Crippen molar-refractivity contribution in [2.45, 2.75) is 38.1 Å². The van der Waals surface area contributed by atoms with Crippen molar-refractivity contribution in [3.63, 3.8) is 0 Å². The van der Waals surface area contributed by atoms with Gasteiger partial charge in [0.05, 0.1) is 11.2 Å². The van der Waals surface area contributed by atoms with Crippen LogP contribution in [0.1, 0.15) is 31.7 Å². The number of para-hydroxylation sites is 1. The smallest absolute Gasteiger partial charge is 0.142 e. The van der Waals surface area contributed by atoms with E-state index in [1.165, 1.54) is 37.1 Å². The summed E-state index contributed by atoms with van der Waals surface area (Å²) in [5.41, 5.74) is 2.81. The van der Waals surface area contributed by atoms with Crippen LogP contribution in [-0.4, -0.2) is 37.2 Å². The summed E-state index contributed by atoms with van der Waals surface area (Å²) in [5.74, 6) is 1.03. The first-order valence-electron chi connectivity index (χ1n) is 7.39. The lowest BCUT2D eigenvalue weighted by Gasteiger charge is -2.32. The maximum Gasteiger partial charge on any atom is 0.142 e. The fourth-order valence-corrected chi connectivity index (χ4v) is 3.17. The van der Waals surface area contributed by atoms with Crippen LogP contribution in [0.15, 0.2) is 18.2 Å². The van der Waals surface area contributed by atoms with Gasteiger partial charge in [0, 0.05) is 6.54 Å². The van der Waals surface area contributed by atoms with Gasteiger partial charge in [-0.25, -0.2) is 0 Å². The second-order valence-electron chi connectivity index (χ2n) is 6.13. The van der Waals surface area contributed by atoms with Gasteiger partial charge in [-0.15, -0.1) is 0 Å². The molecule has 1 aromatic rings. The molecule has 0 amide bonds. The van der Waals surface area contributed by atoms with E-state index in [-0.39, 0.29) is 5.54 Å². The molecule has 0 radical (unpaired) electrons. The van der Waals surface area contributed by atoms with Crippen molar-refractivity contribution >= 4 is 5.69 Å². The standard InChI is InChI=1S/C16H24N2O/c1-16(9-5-11-18(16)2)12-19-14-8-3-6-13-7-4-10-17-15(13)14/h3,6,8,17H,4-5,7,9-12H2,1-2H3. The number of likely N-dealkylation sites (N-methyl/N-ethyl adjacent to an activating group) is 1. The van der Waals surface area contributed by atoms with Gasteiger partial charge in [0.1, 0.15) is 12.4 Å². The molecule has 2 aliphatic heterocycles. The van der Waals surface area contributed by atoms with E-state index < -0.39 is 0 Å². The third-order valence-electron chi connectivity index (χ3n) is 4.71. The Morgan fingerprint density at radius 3 is 3.05 bits per heavy atom. The summed E-state index contributed by atoms with van der Waals surface area (Å²) in [5, 5.41) is 3.49. The van der Waals surface area contributed by atoms with E-state index in [9.17, 15) is 0 Å². The van der Waals surface area contributed by atoms with Crippen molar-refractivity contribution in [3.05, 3.63) is 23.8 Å². The SMILES string of the molecule is CN1CCCC1(C)COc1cccc2c1NCCC2. The first-order chi connectivity index (χ1) is 9.19. The number of nitrogens with one attached hydrogen (secondary N) is 1. The average Bonchev–Trinajstić information content (AvgIpc) is 2.77. The maximum atomic E-state index is 6.16. The molecule has 1 aromatic carbocycles. The molecule has 0 aliphatic carbocycles. The van der Waals surface area contributed by atoms with Crippen LogP contribution in [-0.2, 0) is 6.42 Å². The Morgan fingerprint density at radius 1 is 1.37 bits per heavy atom. The summed E-state index contributed by atoms with van der Waals surface area (Å²) in [7, 11) is 2.20. The number of aryl methyl sites for hydroxylation is 1. The number of fused-ring (bicyclic) bond motifs is 1. The molecule has 0 spiro atoms. The van der Waals surface area contributed by atoms with Crippen LogP contribution in [0.4, 0.5) is 5.69 Å². The van der Waals surface area contributed by atoms with Crippen LogP contribution in [0.5, 0.6) is 5.75 Å². The number of likely N-dealkylation sites (tertiary alicyclic amines) is 1. The molecule has 104 valence electrons. The topological polar surface area (TPSA) is 24.5 Å². The Kier molecular flexibility index (Phi) is 3.40. The molecular weight excluding hydrogens is 236 g/mol. The molecule has 2 heterocycles. The van der Waals surface area contributed by atoms with Gasteiger partial charge in [0.15, 0.2) is 0 Å². The molecule has 19 heavy (non-hydrogen) atoms. The van der Waals surface area contributed by atoms with Gasteiger partial charge in [-0.1, -0.05) is 12.1 Å². The number of nitrogens with zero attached hydrogens (tertiary/aromatic N) is 1. The first-order valence-corrected chi connectivity index (χ1v) is 7.39. The highest BCUT2D eigenvalue weighted by Crippen LogP contribution is 2.34. The van der Waals surface area contributed by atoms with Gasteiger partial charge in [0.2, 0.25) is 0 Å². The molecule has 0 aromatic heterocycles. The van der Waals surface area contributed by atoms with E-state index in [2.05, 4.69) is 42.4 Å². The summed E-state index contributed by atoms with van der Waals surface area (Å²) < 4.78 is 6.16. The Morgan fingerprint density at radius 2 is 2.26 bits per heavy atom. The highest BCUT2D eigenvalue weighted by molar-refractivity contribution is 5.63. The zero-order chi connectivity index (χ0) is 13.3. The molecule has 3 nitrogen and oxygen atoms in total. The van der Waals surface area contributed by atoms with Gasteiger partial charge >= 0.3 is 0 Å². The van der Waals surface area contributed by atoms with E-state index >= 15 is 0 Å². The Labute approximate surface area is 115 Å². The molecular formula is C16H24N2O. The van der Waals surface area contributed by atoms with Crippen LogP contribution in [0.25, 0.3) is 0 Å². The van der Waals surface area contributed by atoms with Gasteiger partial charge in [-0.3, -0.25) is 4.90 Å². The van der Waals surface area contributed by atoms with E-state index in [4.69, 9.17) is 4.74 Å². The molecule has 2 aliphatic rings. The van der Waals surface area contributed by atoms with E-state index in [1.54, 1.807) is 0 Å². The zero-order valence-electron chi connectivity index (χ0n) is 12.0. The van der Waals surface area contributed by atoms with Crippen LogP contribution in [0.3, 0.4) is 0 Å². The molecule has 3 heteroatoms. The number of benzene rings is 1. The predicted octanol–water partition coefficient (Wildman–Crippen LogP) is 2.91. The van der Waals surface area contributed by atoms with E-state index in [0.717, 1.165) is 25.3 Å². The molecule has 1 saturated heterocycles. The number of anilines is 1. The summed E-state index contributed by atoms with van der Waals surface area (Å²) in [6.07, 6.45) is 4.89. The lowest BCUT2D eigenvalue weighted by Crippen LogP contribution is -2.43. The van der Waals surface area contributed by atoms with Gasteiger partial charge in [0.25, 0.3) is 0 Å². The number of ether oxygens (including phenoxy) is 1. The molecule has 1 atom stereocenters. The molecule has 1 fully saturated rings. The van der Waals surface area contributed by atoms with E-state index in [1.807, 2.05) is 0 Å². The second-order valence-corrected chi connectivity index (χ2v) is 6.13. The minimum absolute atomic E-state index is 0.192. The molecule has 1 N–H and O–H groups in total. The monoisotopic (exact) mass is 260 g/mol. The Hall–Kier alpha value is -1.22. The number of hydrogen-bond acceptors (Lipinski definition) is 3. The lowest BCUT2D eigenvalue weighted by atomic mass is 10.0. The molecule has 0 bridgehead atoms. The largest absolute Gasteiger partial charge is 0.489 e. The normalized spacial score (nSPS) is 26.8. The van der Waals surface area contributed by atoms with Gasteiger partial charge in [-0.2, -0.15) is 0 Å². The third kappa shape index (κ3) is 2.44. The minimum atomic E-state index is 0.192. The Balaban J connectivity index is 1.73. The number of rotatable bonds is 3. The van der Waals surface area contributed by atoms with Crippen molar-refractivity contribution in [1.29, 1.82) is 0 Å². The van der Waals surface area contributed by atoms with E-state index in [0.29, 0.717) is 0 Å². The van der Waals surface area contributed by atoms with Crippen LogP contribution >= 0.6 is 0 Å². The average molecular weight is 260 g/mol. The molecule has 3 rings (SSSR count). The summed E-state index contributed by atoms with van der Waals surface area (Å²) in [6.45, 7) is 5.33. The van der Waals surface area contributed by atoms with Crippen molar-refractivity contribution < 1.29 is 4.74 Å². The lowest BCUT2D eigenvalue weighted by molar-refractivity contribution is 0.114. The van der Waals surface area contributed by atoms with Crippen molar-refractivity contribution in [1.82, 2.24) is 4.90 Å². The van der Waals surface area contributed by atoms with Crippen molar-refractivity contribution in [3.8, 4) is 5.75 Å². The van der Waals surface area contributed by atoms with Crippen molar-refractivity contribution in [2.75, 3.05) is 32.1 Å². The summed E-state index contributed by atoms with van der Waals surface area (Å²) >= 11 is 0. The fourth-order valence-electron chi connectivity index (χ4n) is 3.17. The summed E-state index contributed by atoms with van der Waals surface area (Å²) in [4.78, 5) is 2.43. The predicted molar refractivity (Wildman–Crippen MR) is 79.0 cm³/mol. The Bertz CT molecular complexity index is 460. The third-order valence-corrected chi connectivity index (χ3v) is 4.71. The zero-order valence-corrected chi connectivity index (χ0v) is 12.0. The number of hydrogen-bond donors (Lipinski definition) is 1. The maximum absolute atomic E-state index is 6.16. The highest BCUT2D eigenvalue weighted by Gasteiger charge is 2.34. The second kappa shape index (κ2) is 5.04. The van der Waals surface area contributed by atoms with Gasteiger partial charge < -0.3 is 10.1 Å². The molecule has 0 saturated carbocycles. The minimum Gasteiger partial charge on any atom is -0.489 e. The molecule has 1 unspecified atom stereocenters. The summed E-state index contributed by atoms with van der Waals surface area (Å²) in [6, 6.07) is 6.41. The van der Waals surface area contributed by atoms with Crippen molar-refractivity contribution in [2.24, 2.45) is 0 Å². The first kappa shape index (κ1) is 12.8. The van der Waals surface area contributed by atoms with Crippen LogP contribution in [0.2, 0.25) is 0 Å².